The van der Waals surface area contributed by atoms with Crippen LogP contribution in [0.2, 0.25) is 38.3 Å². The standard InChI is InChI=1S/C14H26NSSi2.ClH.Zn/c1-17(2)12-7-13-18(3,4)15(17)10-5-8-14-9-6-11-16-14;;/h6,9H,5,7-8,10,12-13H2,1-4H3;1H;/p-1. The molecule has 0 aliphatic carbocycles. The fourth-order valence-corrected chi connectivity index (χ4v) is 15.9. The number of hydrogen-bond acceptors (Lipinski definition) is 2. The summed E-state index contributed by atoms with van der Waals surface area (Å²) in [4.78, 5) is 1.51. The summed E-state index contributed by atoms with van der Waals surface area (Å²) in [5.41, 5.74) is 0. The number of rotatable bonds is 4. The third-order valence-corrected chi connectivity index (χ3v) is 15.4. The molecule has 0 saturated carbocycles. The Balaban J connectivity index is 0.00000180. The molecule has 0 spiro atoms. The molecule has 1 fully saturated rings. The molecule has 1 aromatic rings. The van der Waals surface area contributed by atoms with Crippen LogP contribution in [0.3, 0.4) is 0 Å². The monoisotopic (exact) mass is 395 g/mol. The first kappa shape index (κ1) is 21.0. The normalized spacial score (nSPS) is 20.8. The Kier molecular flexibility index (Phi) is 9.02. The van der Waals surface area contributed by atoms with Crippen molar-refractivity contribution in [3.8, 4) is 0 Å². The Bertz CT molecular complexity index is 369. The van der Waals surface area contributed by atoms with Crippen molar-refractivity contribution in [3.63, 3.8) is 0 Å². The van der Waals surface area contributed by atoms with Crippen LogP contribution in [0.15, 0.2) is 12.1 Å². The van der Waals surface area contributed by atoms with Crippen LogP contribution in [0.4, 0.5) is 0 Å². The summed E-state index contributed by atoms with van der Waals surface area (Å²) in [7, 11) is -2.17. The van der Waals surface area contributed by atoms with Gasteiger partial charge < -0.3 is 16.6 Å². The third kappa shape index (κ3) is 5.33. The van der Waals surface area contributed by atoms with Gasteiger partial charge in [-0.25, -0.2) is 0 Å². The number of halogens is 1. The van der Waals surface area contributed by atoms with Gasteiger partial charge in [0.05, 0.1) is 0 Å². The van der Waals surface area contributed by atoms with Crippen LogP contribution < -0.4 is 12.4 Å². The Labute approximate surface area is 149 Å². The van der Waals surface area contributed by atoms with E-state index in [1.54, 1.807) is 11.3 Å². The topological polar surface area (TPSA) is 3.24 Å². The van der Waals surface area contributed by atoms with E-state index in [1.807, 2.05) is 0 Å². The van der Waals surface area contributed by atoms with E-state index in [0.717, 1.165) is 0 Å². The van der Waals surface area contributed by atoms with Gasteiger partial charge in [-0.2, -0.15) is 0 Å². The summed E-state index contributed by atoms with van der Waals surface area (Å²) < 4.78 is 3.01. The van der Waals surface area contributed by atoms with Gasteiger partial charge in [-0.15, -0.1) is 11.3 Å². The van der Waals surface area contributed by atoms with Gasteiger partial charge in [0.1, 0.15) is 16.5 Å². The molecular formula is C14H26ClNSSi2Zn-. The molecule has 1 aliphatic heterocycles. The number of thiophene rings is 1. The van der Waals surface area contributed by atoms with Crippen LogP contribution in [0.25, 0.3) is 0 Å². The van der Waals surface area contributed by atoms with Crippen molar-refractivity contribution >= 4 is 27.8 Å². The Morgan fingerprint density at radius 2 is 1.80 bits per heavy atom. The van der Waals surface area contributed by atoms with Crippen LogP contribution in [-0.2, 0) is 25.9 Å². The van der Waals surface area contributed by atoms with E-state index >= 15 is 0 Å². The molecule has 1 aliphatic rings. The molecule has 0 atom stereocenters. The molecule has 1 aromatic heterocycles. The van der Waals surface area contributed by atoms with E-state index in [2.05, 4.69) is 47.9 Å². The maximum absolute atomic E-state index is 3.20. The molecule has 1 saturated heterocycles. The summed E-state index contributed by atoms with van der Waals surface area (Å²) in [6, 6.07) is 7.30. The first-order valence-corrected chi connectivity index (χ1v) is 14.3. The van der Waals surface area contributed by atoms with E-state index in [-0.39, 0.29) is 31.9 Å². The molecule has 0 amide bonds. The molecule has 0 aromatic carbocycles. The van der Waals surface area contributed by atoms with Gasteiger partial charge in [-0.3, -0.25) is 0 Å². The maximum Gasteiger partial charge on any atom is 0.115 e. The molecule has 0 N–H and O–H groups in total. The second kappa shape index (κ2) is 8.59. The van der Waals surface area contributed by atoms with Crippen molar-refractivity contribution in [1.29, 1.82) is 0 Å². The quantitative estimate of drug-likeness (QED) is 0.698. The number of nitrogens with zero attached hydrogens (tertiary/aromatic N) is 1. The van der Waals surface area contributed by atoms with E-state index in [9.17, 15) is 0 Å². The first-order chi connectivity index (χ1) is 8.42. The molecule has 1 radical (unpaired) electrons. The summed E-state index contributed by atoms with van der Waals surface area (Å²) in [5.74, 6) is 0. The van der Waals surface area contributed by atoms with E-state index < -0.39 is 16.5 Å². The molecular weight excluding hydrogens is 371 g/mol. The van der Waals surface area contributed by atoms with Gasteiger partial charge in [0, 0.05) is 29.7 Å². The second-order valence-corrected chi connectivity index (χ2v) is 17.5. The van der Waals surface area contributed by atoms with Crippen molar-refractivity contribution in [1.82, 2.24) is 4.23 Å². The average molecular weight is 397 g/mol. The van der Waals surface area contributed by atoms with E-state index in [0.29, 0.717) is 0 Å². The van der Waals surface area contributed by atoms with Gasteiger partial charge >= 0.3 is 0 Å². The van der Waals surface area contributed by atoms with Gasteiger partial charge in [0.25, 0.3) is 0 Å². The largest absolute Gasteiger partial charge is 1.00 e. The fraction of sp³-hybridized carbons (Fsp3) is 0.714. The smallest absolute Gasteiger partial charge is 0.115 e. The Hall–Kier alpha value is 1.01. The van der Waals surface area contributed by atoms with Gasteiger partial charge in [0.2, 0.25) is 0 Å². The first-order valence-electron chi connectivity index (χ1n) is 7.14. The maximum atomic E-state index is 3.20. The summed E-state index contributed by atoms with van der Waals surface area (Å²) >= 11 is 1.79. The molecule has 6 heteroatoms. The minimum Gasteiger partial charge on any atom is -1.00 e. The molecule has 2 heterocycles. The number of hydrogen-bond donors (Lipinski definition) is 0. The van der Waals surface area contributed by atoms with E-state index in [1.165, 1.54) is 42.8 Å². The molecule has 0 unspecified atom stereocenters. The average Bonchev–Trinajstić information content (AvgIpc) is 2.74. The summed E-state index contributed by atoms with van der Waals surface area (Å²) in [6.45, 7) is 11.7. The SMILES string of the molecule is C[Si]1(C)CCC[Si](C)(C)N1CCCc1cc[c]s1.[Cl-].[Zn]. The predicted molar refractivity (Wildman–Crippen MR) is 87.4 cm³/mol. The fourth-order valence-electron chi connectivity index (χ4n) is 3.46. The van der Waals surface area contributed by atoms with Gasteiger partial charge in [0.15, 0.2) is 0 Å². The minimum atomic E-state index is -1.09. The van der Waals surface area contributed by atoms with Gasteiger partial charge in [-0.05, 0) is 43.6 Å². The van der Waals surface area contributed by atoms with Crippen LogP contribution in [-0.4, -0.2) is 27.2 Å². The van der Waals surface area contributed by atoms with Crippen LogP contribution in [0.1, 0.15) is 17.7 Å². The zero-order valence-electron chi connectivity index (χ0n) is 13.3. The zero-order valence-corrected chi connectivity index (χ0v) is 19.9. The summed E-state index contributed by atoms with van der Waals surface area (Å²) in [6.07, 6.45) is 4.08. The Morgan fingerprint density at radius 1 is 1.20 bits per heavy atom. The van der Waals surface area contributed by atoms with Crippen LogP contribution in [0, 0.1) is 5.38 Å². The molecule has 20 heavy (non-hydrogen) atoms. The molecule has 2 rings (SSSR count). The minimum absolute atomic E-state index is 0. The van der Waals surface area contributed by atoms with Crippen molar-refractivity contribution in [2.24, 2.45) is 0 Å². The third-order valence-electron chi connectivity index (χ3n) is 4.37. The van der Waals surface area contributed by atoms with Crippen molar-refractivity contribution in [3.05, 3.63) is 22.4 Å². The molecule has 0 bridgehead atoms. The Morgan fingerprint density at radius 3 is 2.30 bits per heavy atom. The van der Waals surface area contributed by atoms with Crippen LogP contribution in [0.5, 0.6) is 0 Å². The van der Waals surface area contributed by atoms with Gasteiger partial charge in [-0.1, -0.05) is 32.6 Å². The van der Waals surface area contributed by atoms with Crippen molar-refractivity contribution in [2.45, 2.75) is 57.5 Å². The predicted octanol–water partition coefficient (Wildman–Crippen LogP) is 1.60. The van der Waals surface area contributed by atoms with E-state index in [4.69, 9.17) is 0 Å². The number of aryl methyl sites for hydroxylation is 1. The zero-order chi connectivity index (χ0) is 13.2. The van der Waals surface area contributed by atoms with Crippen molar-refractivity contribution < 1.29 is 31.9 Å². The summed E-state index contributed by atoms with van der Waals surface area (Å²) in [5, 5.41) is 3.20. The van der Waals surface area contributed by atoms with Crippen LogP contribution >= 0.6 is 11.3 Å². The second-order valence-electron chi connectivity index (χ2n) is 6.75. The molecule has 111 valence electrons. The van der Waals surface area contributed by atoms with Crippen molar-refractivity contribution in [2.75, 3.05) is 6.54 Å². The molecule has 1 nitrogen and oxygen atoms in total.